The van der Waals surface area contributed by atoms with E-state index in [1.165, 1.54) is 10.3 Å². The molecule has 0 amide bonds. The zero-order chi connectivity index (χ0) is 20.5. The van der Waals surface area contributed by atoms with Crippen LogP contribution in [0.4, 0.5) is 5.69 Å². The number of hydrogen-bond donors (Lipinski definition) is 1. The van der Waals surface area contributed by atoms with Crippen LogP contribution >= 0.6 is 22.9 Å². The molecule has 3 nitrogen and oxygen atoms in total. The Kier molecular flexibility index (Phi) is 5.03. The van der Waals surface area contributed by atoms with Gasteiger partial charge in [0.1, 0.15) is 16.5 Å². The first kappa shape index (κ1) is 18.9. The number of aromatic nitrogens is 1. The molecule has 0 aliphatic rings. The molecule has 5 rings (SSSR count). The molecular formula is C25H19ClN2OS. The van der Waals surface area contributed by atoms with E-state index in [1.807, 2.05) is 36.4 Å². The molecule has 0 fully saturated rings. The van der Waals surface area contributed by atoms with Crippen molar-refractivity contribution in [1.82, 2.24) is 4.98 Å². The Morgan fingerprint density at radius 3 is 2.47 bits per heavy atom. The third-order valence-electron chi connectivity index (χ3n) is 4.93. The van der Waals surface area contributed by atoms with E-state index in [9.17, 15) is 0 Å². The quantitative estimate of drug-likeness (QED) is 0.309. The van der Waals surface area contributed by atoms with Crippen LogP contribution in [0.5, 0.6) is 0 Å². The molecule has 0 atom stereocenters. The van der Waals surface area contributed by atoms with Crippen LogP contribution in [-0.4, -0.2) is 4.98 Å². The fourth-order valence-corrected chi connectivity index (χ4v) is 4.51. The van der Waals surface area contributed by atoms with Gasteiger partial charge in [-0.2, -0.15) is 0 Å². The Morgan fingerprint density at radius 1 is 0.900 bits per heavy atom. The molecule has 0 radical (unpaired) electrons. The lowest BCUT2D eigenvalue weighted by Gasteiger charge is -2.05. The van der Waals surface area contributed by atoms with Crippen LogP contribution in [0.2, 0.25) is 5.02 Å². The van der Waals surface area contributed by atoms with Crippen molar-refractivity contribution in [3.63, 3.8) is 0 Å². The molecule has 0 saturated carbocycles. The molecule has 3 aromatic carbocycles. The van der Waals surface area contributed by atoms with Gasteiger partial charge in [-0.05, 0) is 85.3 Å². The van der Waals surface area contributed by atoms with Gasteiger partial charge in [0.05, 0.1) is 16.8 Å². The highest BCUT2D eigenvalue weighted by molar-refractivity contribution is 7.21. The number of hydrogen-bond acceptors (Lipinski definition) is 4. The van der Waals surface area contributed by atoms with Gasteiger partial charge in [0.2, 0.25) is 0 Å². The van der Waals surface area contributed by atoms with Crippen molar-refractivity contribution < 1.29 is 4.42 Å². The zero-order valence-electron chi connectivity index (χ0n) is 16.4. The first-order valence-corrected chi connectivity index (χ1v) is 10.9. The lowest BCUT2D eigenvalue weighted by Crippen LogP contribution is -1.97. The summed E-state index contributed by atoms with van der Waals surface area (Å²) in [4.78, 5) is 4.76. The topological polar surface area (TPSA) is 38.1 Å². The second kappa shape index (κ2) is 7.98. The minimum Gasteiger partial charge on any atom is -0.459 e. The molecule has 2 heterocycles. The number of aryl methyl sites for hydroxylation is 1. The Bertz CT molecular complexity index is 1300. The van der Waals surface area contributed by atoms with Gasteiger partial charge in [0.25, 0.3) is 0 Å². The number of benzene rings is 3. The summed E-state index contributed by atoms with van der Waals surface area (Å²) in [5.41, 5.74) is 5.50. The number of fused-ring (bicyclic) bond motifs is 1. The predicted octanol–water partition coefficient (Wildman–Crippen LogP) is 7.80. The van der Waals surface area contributed by atoms with E-state index in [2.05, 4.69) is 54.7 Å². The minimum absolute atomic E-state index is 0.618. The van der Waals surface area contributed by atoms with E-state index >= 15 is 0 Å². The summed E-state index contributed by atoms with van der Waals surface area (Å²) in [5.74, 6) is 1.72. The van der Waals surface area contributed by atoms with E-state index in [0.717, 1.165) is 43.9 Å². The van der Waals surface area contributed by atoms with Crippen molar-refractivity contribution in [2.45, 2.75) is 13.5 Å². The van der Waals surface area contributed by atoms with Gasteiger partial charge in [-0.25, -0.2) is 4.98 Å². The van der Waals surface area contributed by atoms with E-state index in [4.69, 9.17) is 21.0 Å². The highest BCUT2D eigenvalue weighted by atomic mass is 35.5. The average molecular weight is 431 g/mol. The van der Waals surface area contributed by atoms with Crippen LogP contribution in [0.1, 0.15) is 11.3 Å². The van der Waals surface area contributed by atoms with Gasteiger partial charge in [-0.3, -0.25) is 0 Å². The molecule has 0 spiro atoms. The summed E-state index contributed by atoms with van der Waals surface area (Å²) in [6.07, 6.45) is 0. The third kappa shape index (κ3) is 3.97. The van der Waals surface area contributed by atoms with Crippen LogP contribution in [0.3, 0.4) is 0 Å². The van der Waals surface area contributed by atoms with Crippen LogP contribution in [0.25, 0.3) is 32.1 Å². The molecule has 5 aromatic rings. The fraction of sp³-hybridized carbons (Fsp3) is 0.0800. The van der Waals surface area contributed by atoms with Gasteiger partial charge >= 0.3 is 0 Å². The van der Waals surface area contributed by atoms with Crippen LogP contribution in [-0.2, 0) is 6.54 Å². The van der Waals surface area contributed by atoms with Crippen molar-refractivity contribution >= 4 is 38.8 Å². The molecule has 0 saturated heterocycles. The maximum atomic E-state index is 5.95. The van der Waals surface area contributed by atoms with Crippen molar-refractivity contribution in [1.29, 1.82) is 0 Å². The van der Waals surface area contributed by atoms with E-state index in [1.54, 1.807) is 11.3 Å². The zero-order valence-corrected chi connectivity index (χ0v) is 17.9. The van der Waals surface area contributed by atoms with Crippen LogP contribution < -0.4 is 5.32 Å². The molecule has 0 aliphatic heterocycles. The smallest absolute Gasteiger partial charge is 0.134 e. The molecule has 148 valence electrons. The summed E-state index contributed by atoms with van der Waals surface area (Å²) in [6.45, 7) is 2.73. The Labute approximate surface area is 184 Å². The van der Waals surface area contributed by atoms with Crippen molar-refractivity contribution in [2.75, 3.05) is 5.32 Å². The number of nitrogens with one attached hydrogen (secondary N) is 1. The monoisotopic (exact) mass is 430 g/mol. The Hall–Kier alpha value is -3.08. The lowest BCUT2D eigenvalue weighted by molar-refractivity contribution is 0.531. The van der Waals surface area contributed by atoms with Crippen LogP contribution in [0.15, 0.2) is 83.3 Å². The standard InChI is InChI=1S/C25H19ClN2OS/c1-16-2-12-22-24(14-16)30-25(28-22)18-5-9-20(10-6-18)27-15-21-11-13-23(29-21)17-3-7-19(26)8-4-17/h2-14,27H,15H2,1H3. The first-order valence-electron chi connectivity index (χ1n) is 9.70. The highest BCUT2D eigenvalue weighted by Crippen LogP contribution is 2.31. The number of rotatable bonds is 5. The SMILES string of the molecule is Cc1ccc2nc(-c3ccc(NCc4ccc(-c5ccc(Cl)cc5)o4)cc3)sc2c1. The first-order chi connectivity index (χ1) is 14.6. The molecular weight excluding hydrogens is 412 g/mol. The molecule has 1 N–H and O–H groups in total. The van der Waals surface area contributed by atoms with Gasteiger partial charge < -0.3 is 9.73 Å². The molecule has 5 heteroatoms. The maximum absolute atomic E-state index is 5.95. The Balaban J connectivity index is 1.26. The van der Waals surface area contributed by atoms with Gasteiger partial charge in [0, 0.05) is 21.8 Å². The number of anilines is 1. The van der Waals surface area contributed by atoms with Crippen LogP contribution in [0, 0.1) is 6.92 Å². The van der Waals surface area contributed by atoms with E-state index in [-0.39, 0.29) is 0 Å². The number of furan rings is 1. The fourth-order valence-electron chi connectivity index (χ4n) is 3.32. The van der Waals surface area contributed by atoms with Gasteiger partial charge in [-0.15, -0.1) is 11.3 Å². The second-order valence-electron chi connectivity index (χ2n) is 7.19. The van der Waals surface area contributed by atoms with Crippen molar-refractivity contribution in [2.24, 2.45) is 0 Å². The summed E-state index contributed by atoms with van der Waals surface area (Å²) in [6, 6.07) is 26.4. The molecule has 30 heavy (non-hydrogen) atoms. The normalized spacial score (nSPS) is 11.1. The van der Waals surface area contributed by atoms with Crippen molar-refractivity contribution in [3.8, 4) is 21.9 Å². The van der Waals surface area contributed by atoms with Crippen molar-refractivity contribution in [3.05, 3.63) is 95.2 Å². The number of nitrogens with zero attached hydrogens (tertiary/aromatic N) is 1. The lowest BCUT2D eigenvalue weighted by atomic mass is 10.2. The summed E-state index contributed by atoms with van der Waals surface area (Å²) >= 11 is 7.68. The molecule has 0 bridgehead atoms. The molecule has 0 aliphatic carbocycles. The largest absolute Gasteiger partial charge is 0.459 e. The highest BCUT2D eigenvalue weighted by Gasteiger charge is 2.08. The second-order valence-corrected chi connectivity index (χ2v) is 8.66. The summed E-state index contributed by atoms with van der Waals surface area (Å²) in [7, 11) is 0. The molecule has 0 unspecified atom stereocenters. The summed E-state index contributed by atoms with van der Waals surface area (Å²) in [5, 5.41) is 5.18. The van der Waals surface area contributed by atoms with Gasteiger partial charge in [-0.1, -0.05) is 17.7 Å². The van der Waals surface area contributed by atoms with E-state index in [0.29, 0.717) is 6.54 Å². The number of halogens is 1. The van der Waals surface area contributed by atoms with Gasteiger partial charge in [0.15, 0.2) is 0 Å². The summed E-state index contributed by atoms with van der Waals surface area (Å²) < 4.78 is 7.18. The van der Waals surface area contributed by atoms with E-state index < -0.39 is 0 Å². The molecule has 2 aromatic heterocycles. The Morgan fingerprint density at radius 2 is 1.67 bits per heavy atom. The predicted molar refractivity (Wildman–Crippen MR) is 126 cm³/mol. The maximum Gasteiger partial charge on any atom is 0.134 e. The third-order valence-corrected chi connectivity index (χ3v) is 6.25. The number of thiazole rings is 1. The average Bonchev–Trinajstić information content (AvgIpc) is 3.40. The minimum atomic E-state index is 0.618.